The van der Waals surface area contributed by atoms with Gasteiger partial charge in [0.25, 0.3) is 0 Å². The van der Waals surface area contributed by atoms with Gasteiger partial charge in [-0.25, -0.2) is 9.97 Å². The highest BCUT2D eigenvalue weighted by Gasteiger charge is 2.20. The Morgan fingerprint density at radius 2 is 2.33 bits per heavy atom. The molecule has 0 aliphatic heterocycles. The fourth-order valence-corrected chi connectivity index (χ4v) is 1.95. The molecule has 0 unspecified atom stereocenters. The fraction of sp³-hybridized carbons (Fsp3) is 0.583. The number of hydrogen-bond donors (Lipinski definition) is 0. The van der Waals surface area contributed by atoms with Crippen molar-refractivity contribution in [3.63, 3.8) is 0 Å². The molecule has 1 aromatic heterocycles. The summed E-state index contributed by atoms with van der Waals surface area (Å²) in [6, 6.07) is 0. The van der Waals surface area contributed by atoms with Gasteiger partial charge in [-0.3, -0.25) is 0 Å². The first-order chi connectivity index (χ1) is 7.20. The van der Waals surface area contributed by atoms with Crippen LogP contribution in [-0.2, 0) is 17.6 Å². The van der Waals surface area contributed by atoms with Crippen molar-refractivity contribution in [3.05, 3.63) is 23.3 Å². The number of aromatic nitrogens is 2. The Hall–Kier alpha value is -1.25. The molecule has 15 heavy (non-hydrogen) atoms. The van der Waals surface area contributed by atoms with E-state index in [1.54, 1.807) is 0 Å². The molecule has 1 aliphatic rings. The van der Waals surface area contributed by atoms with Crippen LogP contribution in [0.5, 0.6) is 0 Å². The highest BCUT2D eigenvalue weighted by atomic mass is 16.1. The molecular formula is C12H16N2O. The molecule has 1 heterocycles. The predicted molar refractivity (Wildman–Crippen MR) is 57.7 cm³/mol. The Morgan fingerprint density at radius 1 is 1.53 bits per heavy atom. The molecule has 0 aromatic carbocycles. The minimum Gasteiger partial charge on any atom is -0.303 e. The summed E-state index contributed by atoms with van der Waals surface area (Å²) in [4.78, 5) is 19.6. The molecule has 0 spiro atoms. The highest BCUT2D eigenvalue weighted by molar-refractivity contribution is 5.55. The van der Waals surface area contributed by atoms with E-state index in [-0.39, 0.29) is 5.92 Å². The number of fused-ring (bicyclic) bond motifs is 1. The van der Waals surface area contributed by atoms with Crippen LogP contribution in [0.2, 0.25) is 0 Å². The molecule has 0 radical (unpaired) electrons. The quantitative estimate of drug-likeness (QED) is 0.691. The molecule has 0 fully saturated rings. The number of rotatable bonds is 2. The lowest BCUT2D eigenvalue weighted by molar-refractivity contribution is -0.111. The van der Waals surface area contributed by atoms with E-state index in [1.807, 2.05) is 6.20 Å². The molecule has 1 atom stereocenters. The smallest absolute Gasteiger partial charge is 0.131 e. The first-order valence-corrected chi connectivity index (χ1v) is 5.50. The Kier molecular flexibility index (Phi) is 2.80. The van der Waals surface area contributed by atoms with Crippen LogP contribution in [0.3, 0.4) is 0 Å². The molecule has 2 rings (SSSR count). The minimum absolute atomic E-state index is 0.172. The van der Waals surface area contributed by atoms with Crippen molar-refractivity contribution in [1.29, 1.82) is 0 Å². The Balaban J connectivity index is 2.28. The molecule has 0 saturated carbocycles. The molecule has 1 aromatic rings. The van der Waals surface area contributed by atoms with Crippen LogP contribution < -0.4 is 0 Å². The van der Waals surface area contributed by atoms with Gasteiger partial charge in [-0.15, -0.1) is 0 Å². The van der Waals surface area contributed by atoms with E-state index in [4.69, 9.17) is 0 Å². The zero-order chi connectivity index (χ0) is 10.8. The summed E-state index contributed by atoms with van der Waals surface area (Å²) in [7, 11) is 0. The highest BCUT2D eigenvalue weighted by Crippen LogP contribution is 2.23. The third-order valence-electron chi connectivity index (χ3n) is 2.92. The zero-order valence-electron chi connectivity index (χ0n) is 9.23. The summed E-state index contributed by atoms with van der Waals surface area (Å²) < 4.78 is 0. The number of carbonyl (C=O) groups is 1. The van der Waals surface area contributed by atoms with Crippen LogP contribution in [0.25, 0.3) is 0 Å². The standard InChI is InChI=1S/C12H16N2O/c1-8(2)12-13-6-10-5-9(7-15)3-4-11(10)14-12/h6-9H,3-5H2,1-2H3/t9-/m1/s1. The molecule has 0 amide bonds. The van der Waals surface area contributed by atoms with E-state index < -0.39 is 0 Å². The van der Waals surface area contributed by atoms with Gasteiger partial charge in [-0.2, -0.15) is 0 Å². The van der Waals surface area contributed by atoms with Gasteiger partial charge in [0.2, 0.25) is 0 Å². The van der Waals surface area contributed by atoms with Gasteiger partial charge in [0.05, 0.1) is 0 Å². The monoisotopic (exact) mass is 204 g/mol. The second kappa shape index (κ2) is 4.09. The lowest BCUT2D eigenvalue weighted by Crippen LogP contribution is -2.18. The van der Waals surface area contributed by atoms with Crippen LogP contribution in [0.15, 0.2) is 6.20 Å². The normalized spacial score (nSPS) is 20.1. The van der Waals surface area contributed by atoms with Crippen molar-refractivity contribution in [2.45, 2.75) is 39.0 Å². The van der Waals surface area contributed by atoms with Gasteiger partial charge in [-0.1, -0.05) is 13.8 Å². The van der Waals surface area contributed by atoms with Crippen molar-refractivity contribution >= 4 is 6.29 Å². The second-order valence-electron chi connectivity index (χ2n) is 4.49. The Bertz CT molecular complexity index is 374. The predicted octanol–water partition coefficient (Wildman–Crippen LogP) is 1.90. The van der Waals surface area contributed by atoms with Crippen LogP contribution in [0.1, 0.15) is 43.3 Å². The zero-order valence-corrected chi connectivity index (χ0v) is 9.23. The number of aldehydes is 1. The maximum Gasteiger partial charge on any atom is 0.131 e. The molecule has 0 saturated heterocycles. The van der Waals surface area contributed by atoms with Crippen LogP contribution in [0.4, 0.5) is 0 Å². The van der Waals surface area contributed by atoms with Crippen LogP contribution in [-0.4, -0.2) is 16.3 Å². The van der Waals surface area contributed by atoms with Crippen molar-refractivity contribution < 1.29 is 4.79 Å². The van der Waals surface area contributed by atoms with Gasteiger partial charge in [0.15, 0.2) is 0 Å². The summed E-state index contributed by atoms with van der Waals surface area (Å²) in [5, 5.41) is 0. The number of aryl methyl sites for hydroxylation is 1. The summed E-state index contributed by atoms with van der Waals surface area (Å²) in [5.74, 6) is 1.46. The second-order valence-corrected chi connectivity index (χ2v) is 4.49. The van der Waals surface area contributed by atoms with Gasteiger partial charge in [0, 0.05) is 23.7 Å². The third-order valence-corrected chi connectivity index (χ3v) is 2.92. The largest absolute Gasteiger partial charge is 0.303 e. The van der Waals surface area contributed by atoms with Crippen molar-refractivity contribution in [1.82, 2.24) is 9.97 Å². The van der Waals surface area contributed by atoms with E-state index in [0.717, 1.165) is 42.6 Å². The molecule has 80 valence electrons. The lowest BCUT2D eigenvalue weighted by Gasteiger charge is -2.20. The molecular weight excluding hydrogens is 188 g/mol. The molecule has 3 nitrogen and oxygen atoms in total. The summed E-state index contributed by atoms with van der Waals surface area (Å²) >= 11 is 0. The number of carbonyl (C=O) groups excluding carboxylic acids is 1. The first kappa shape index (κ1) is 10.3. The fourth-order valence-electron chi connectivity index (χ4n) is 1.95. The van der Waals surface area contributed by atoms with E-state index in [9.17, 15) is 4.79 Å². The average molecular weight is 204 g/mol. The SMILES string of the molecule is CC(C)c1ncc2c(n1)CC[C@@H](C=O)C2. The first-order valence-electron chi connectivity index (χ1n) is 5.50. The number of nitrogens with zero attached hydrogens (tertiary/aromatic N) is 2. The molecule has 0 bridgehead atoms. The van der Waals surface area contributed by atoms with Crippen molar-refractivity contribution in [2.75, 3.05) is 0 Å². The molecule has 1 aliphatic carbocycles. The summed E-state index contributed by atoms with van der Waals surface area (Å²) in [5.41, 5.74) is 2.30. The van der Waals surface area contributed by atoms with Crippen molar-refractivity contribution in [2.24, 2.45) is 5.92 Å². The maximum atomic E-state index is 10.7. The maximum absolute atomic E-state index is 10.7. The van der Waals surface area contributed by atoms with E-state index in [0.29, 0.717) is 5.92 Å². The molecule has 3 heteroatoms. The van der Waals surface area contributed by atoms with Gasteiger partial charge in [-0.05, 0) is 24.8 Å². The van der Waals surface area contributed by atoms with Crippen molar-refractivity contribution in [3.8, 4) is 0 Å². The van der Waals surface area contributed by atoms with Gasteiger partial charge < -0.3 is 4.79 Å². The van der Waals surface area contributed by atoms with E-state index >= 15 is 0 Å². The van der Waals surface area contributed by atoms with E-state index in [2.05, 4.69) is 23.8 Å². The Morgan fingerprint density at radius 3 is 3.00 bits per heavy atom. The molecule has 0 N–H and O–H groups in total. The lowest BCUT2D eigenvalue weighted by atomic mass is 9.88. The summed E-state index contributed by atoms with van der Waals surface area (Å²) in [6.07, 6.45) is 5.62. The minimum atomic E-state index is 0.172. The van der Waals surface area contributed by atoms with Gasteiger partial charge in [0.1, 0.15) is 12.1 Å². The van der Waals surface area contributed by atoms with E-state index in [1.165, 1.54) is 0 Å². The average Bonchev–Trinajstić information content (AvgIpc) is 2.27. The topological polar surface area (TPSA) is 42.9 Å². The summed E-state index contributed by atoms with van der Waals surface area (Å²) in [6.45, 7) is 4.19. The number of hydrogen-bond acceptors (Lipinski definition) is 3. The van der Waals surface area contributed by atoms with Gasteiger partial charge >= 0.3 is 0 Å². The Labute approximate surface area is 89.9 Å². The third kappa shape index (κ3) is 2.06. The van der Waals surface area contributed by atoms with Crippen LogP contribution in [0, 0.1) is 5.92 Å². The van der Waals surface area contributed by atoms with Crippen LogP contribution >= 0.6 is 0 Å².